The van der Waals surface area contributed by atoms with Gasteiger partial charge in [-0.25, -0.2) is 13.1 Å². The quantitative estimate of drug-likeness (QED) is 0.769. The zero-order valence-corrected chi connectivity index (χ0v) is 9.32. The molecule has 0 fully saturated rings. The summed E-state index contributed by atoms with van der Waals surface area (Å²) in [6, 6.07) is 3.38. The molecule has 0 bridgehead atoms. The van der Waals surface area contributed by atoms with Crippen molar-refractivity contribution in [3.05, 3.63) is 18.0 Å². The van der Waals surface area contributed by atoms with Crippen molar-refractivity contribution in [2.45, 2.75) is 18.7 Å². The van der Waals surface area contributed by atoms with Crippen molar-refractivity contribution < 1.29 is 8.42 Å². The first-order valence-corrected chi connectivity index (χ1v) is 5.87. The maximum Gasteiger partial charge on any atom is 0.228 e. The molecule has 0 saturated carbocycles. The van der Waals surface area contributed by atoms with Crippen LogP contribution in [0.1, 0.15) is 12.6 Å². The van der Waals surface area contributed by atoms with Crippen molar-refractivity contribution in [1.29, 1.82) is 5.26 Å². The smallest absolute Gasteiger partial charge is 0.228 e. The van der Waals surface area contributed by atoms with Crippen LogP contribution in [0.25, 0.3) is 0 Å². The molecule has 0 radical (unpaired) electrons. The molecule has 15 heavy (non-hydrogen) atoms. The number of nitrogens with zero attached hydrogens (tertiary/aromatic N) is 3. The van der Waals surface area contributed by atoms with Crippen LogP contribution in [0.5, 0.6) is 0 Å². The number of nitrogens with one attached hydrogen (secondary N) is 1. The second kappa shape index (κ2) is 4.42. The van der Waals surface area contributed by atoms with Crippen LogP contribution in [0.3, 0.4) is 0 Å². The van der Waals surface area contributed by atoms with Gasteiger partial charge < -0.3 is 0 Å². The van der Waals surface area contributed by atoms with E-state index in [1.807, 2.05) is 0 Å². The summed E-state index contributed by atoms with van der Waals surface area (Å²) >= 11 is 0. The van der Waals surface area contributed by atoms with Crippen molar-refractivity contribution in [1.82, 2.24) is 14.5 Å². The fourth-order valence-electron chi connectivity index (χ4n) is 0.944. The van der Waals surface area contributed by atoms with Crippen LogP contribution in [0.2, 0.25) is 0 Å². The zero-order chi connectivity index (χ0) is 11.5. The summed E-state index contributed by atoms with van der Waals surface area (Å²) in [5, 5.41) is 11.3. The van der Waals surface area contributed by atoms with Gasteiger partial charge in [-0.15, -0.1) is 0 Å². The van der Waals surface area contributed by atoms with Crippen LogP contribution in [-0.2, 0) is 23.6 Å². The monoisotopic (exact) mass is 228 g/mol. The molecule has 0 spiro atoms. The van der Waals surface area contributed by atoms with E-state index in [1.165, 1.54) is 6.92 Å². The largest absolute Gasteiger partial charge is 0.271 e. The lowest BCUT2D eigenvalue weighted by Gasteiger charge is -2.07. The first kappa shape index (κ1) is 11.7. The van der Waals surface area contributed by atoms with Gasteiger partial charge in [0.05, 0.1) is 18.3 Å². The second-order valence-electron chi connectivity index (χ2n) is 3.08. The van der Waals surface area contributed by atoms with Gasteiger partial charge in [0.15, 0.2) is 5.25 Å². The molecule has 0 aliphatic carbocycles. The fraction of sp³-hybridized carbons (Fsp3) is 0.500. The van der Waals surface area contributed by atoms with Gasteiger partial charge in [0, 0.05) is 13.2 Å². The Kier molecular flexibility index (Phi) is 3.44. The zero-order valence-electron chi connectivity index (χ0n) is 8.51. The summed E-state index contributed by atoms with van der Waals surface area (Å²) in [5.41, 5.74) is 0.740. The number of sulfonamides is 1. The molecule has 1 aromatic rings. The third-order valence-electron chi connectivity index (χ3n) is 2.02. The summed E-state index contributed by atoms with van der Waals surface area (Å²) in [6.07, 6.45) is 1.58. The number of rotatable bonds is 4. The maximum atomic E-state index is 11.4. The van der Waals surface area contributed by atoms with Crippen LogP contribution >= 0.6 is 0 Å². The Balaban J connectivity index is 2.67. The van der Waals surface area contributed by atoms with Crippen LogP contribution < -0.4 is 4.72 Å². The first-order valence-electron chi connectivity index (χ1n) is 4.32. The second-order valence-corrected chi connectivity index (χ2v) is 5.17. The Labute approximate surface area is 88.6 Å². The number of hydrogen-bond donors (Lipinski definition) is 1. The van der Waals surface area contributed by atoms with Gasteiger partial charge in [-0.1, -0.05) is 0 Å². The number of hydrogen-bond acceptors (Lipinski definition) is 4. The van der Waals surface area contributed by atoms with Gasteiger partial charge >= 0.3 is 0 Å². The van der Waals surface area contributed by atoms with Gasteiger partial charge in [-0.2, -0.15) is 10.4 Å². The van der Waals surface area contributed by atoms with E-state index in [0.717, 1.165) is 5.69 Å². The van der Waals surface area contributed by atoms with Crippen molar-refractivity contribution >= 4 is 10.0 Å². The minimum absolute atomic E-state index is 0.144. The summed E-state index contributed by atoms with van der Waals surface area (Å²) in [5.74, 6) is 0. The van der Waals surface area contributed by atoms with Crippen molar-refractivity contribution in [3.63, 3.8) is 0 Å². The van der Waals surface area contributed by atoms with Gasteiger partial charge in [0.25, 0.3) is 0 Å². The van der Waals surface area contributed by atoms with Crippen LogP contribution in [0, 0.1) is 11.3 Å². The van der Waals surface area contributed by atoms with E-state index in [1.54, 1.807) is 30.1 Å². The molecule has 0 amide bonds. The van der Waals surface area contributed by atoms with Gasteiger partial charge in [-0.3, -0.25) is 4.68 Å². The minimum atomic E-state index is -3.56. The number of nitriles is 1. The Morgan fingerprint density at radius 2 is 2.40 bits per heavy atom. The molecule has 1 atom stereocenters. The lowest BCUT2D eigenvalue weighted by molar-refractivity contribution is 0.573. The summed E-state index contributed by atoms with van der Waals surface area (Å²) < 4.78 is 26.7. The van der Waals surface area contributed by atoms with Crippen molar-refractivity contribution in [3.8, 4) is 6.07 Å². The normalized spacial score (nSPS) is 13.4. The lowest BCUT2D eigenvalue weighted by atomic mass is 10.4. The molecule has 1 rings (SSSR count). The molecule has 0 aromatic carbocycles. The van der Waals surface area contributed by atoms with E-state index >= 15 is 0 Å². The SMILES string of the molecule is CC(C#N)S(=O)(=O)NCc1ccnn1C. The van der Waals surface area contributed by atoms with Gasteiger partial charge in [0.2, 0.25) is 10.0 Å². The molecule has 7 heteroatoms. The summed E-state index contributed by atoms with van der Waals surface area (Å²) in [6.45, 7) is 1.48. The van der Waals surface area contributed by atoms with Crippen LogP contribution in [-0.4, -0.2) is 23.4 Å². The predicted molar refractivity (Wildman–Crippen MR) is 54.0 cm³/mol. The van der Waals surface area contributed by atoms with Crippen molar-refractivity contribution in [2.75, 3.05) is 0 Å². The standard InChI is InChI=1S/C8H12N4O2S/c1-7(5-9)15(13,14)11-6-8-3-4-10-12(8)2/h3-4,7,11H,6H2,1-2H3. The Morgan fingerprint density at radius 1 is 1.73 bits per heavy atom. The minimum Gasteiger partial charge on any atom is -0.271 e. The summed E-state index contributed by atoms with van der Waals surface area (Å²) in [4.78, 5) is 0. The Morgan fingerprint density at radius 3 is 2.87 bits per heavy atom. The number of aryl methyl sites for hydroxylation is 1. The van der Waals surface area contributed by atoms with Crippen LogP contribution in [0.15, 0.2) is 12.3 Å². The predicted octanol–water partition coefficient (Wildman–Crippen LogP) is -0.248. The third-order valence-corrected chi connectivity index (χ3v) is 3.61. The van der Waals surface area contributed by atoms with E-state index in [4.69, 9.17) is 5.26 Å². The van der Waals surface area contributed by atoms with E-state index < -0.39 is 15.3 Å². The highest BCUT2D eigenvalue weighted by molar-refractivity contribution is 7.90. The van der Waals surface area contributed by atoms with Crippen LogP contribution in [0.4, 0.5) is 0 Å². The molecule has 1 unspecified atom stereocenters. The average Bonchev–Trinajstić information content (AvgIpc) is 2.60. The molecule has 1 N–H and O–H groups in total. The van der Waals surface area contributed by atoms with Crippen molar-refractivity contribution in [2.24, 2.45) is 7.05 Å². The maximum absolute atomic E-state index is 11.4. The van der Waals surface area contributed by atoms with E-state index in [2.05, 4.69) is 9.82 Å². The molecule has 1 heterocycles. The topological polar surface area (TPSA) is 87.8 Å². The molecule has 6 nitrogen and oxygen atoms in total. The molecule has 82 valence electrons. The first-order chi connectivity index (χ1) is 6.97. The average molecular weight is 228 g/mol. The van der Waals surface area contributed by atoms with E-state index in [0.29, 0.717) is 0 Å². The summed E-state index contributed by atoms with van der Waals surface area (Å²) in [7, 11) is -1.84. The van der Waals surface area contributed by atoms with Gasteiger partial charge in [0.1, 0.15) is 0 Å². The van der Waals surface area contributed by atoms with E-state index in [-0.39, 0.29) is 6.54 Å². The highest BCUT2D eigenvalue weighted by atomic mass is 32.2. The van der Waals surface area contributed by atoms with E-state index in [9.17, 15) is 8.42 Å². The Bertz CT molecular complexity index is 471. The molecule has 0 aliphatic rings. The van der Waals surface area contributed by atoms with Gasteiger partial charge in [-0.05, 0) is 13.0 Å². The Hall–Kier alpha value is -1.39. The third kappa shape index (κ3) is 2.78. The highest BCUT2D eigenvalue weighted by Crippen LogP contribution is 2.00. The fourth-order valence-corrected chi connectivity index (χ4v) is 1.68. The molecular weight excluding hydrogens is 216 g/mol. The highest BCUT2D eigenvalue weighted by Gasteiger charge is 2.19. The number of aromatic nitrogens is 2. The molecule has 1 aromatic heterocycles. The molecular formula is C8H12N4O2S. The molecule has 0 saturated heterocycles. The molecule has 0 aliphatic heterocycles. The lowest BCUT2D eigenvalue weighted by Crippen LogP contribution is -2.31.